The summed E-state index contributed by atoms with van der Waals surface area (Å²) in [4.78, 5) is 4.75. The van der Waals surface area contributed by atoms with Crippen LogP contribution in [0.1, 0.15) is 10.6 Å². The van der Waals surface area contributed by atoms with Crippen molar-refractivity contribution < 1.29 is 4.57 Å². The zero-order chi connectivity index (χ0) is 17.4. The highest BCUT2D eigenvalue weighted by Gasteiger charge is 2.18. The van der Waals surface area contributed by atoms with Crippen molar-refractivity contribution in [3.05, 3.63) is 65.2 Å². The van der Waals surface area contributed by atoms with Crippen LogP contribution < -0.4 is 4.57 Å². The molecule has 5 heteroatoms. The zero-order valence-electron chi connectivity index (χ0n) is 14.4. The second kappa shape index (κ2) is 6.26. The minimum absolute atomic E-state index is 0.880. The Morgan fingerprint density at radius 3 is 2.36 bits per heavy atom. The van der Waals surface area contributed by atoms with E-state index >= 15 is 0 Å². The van der Waals surface area contributed by atoms with Crippen LogP contribution in [0.4, 0.5) is 10.8 Å². The quantitative estimate of drug-likeness (QED) is 0.362. The number of hydrogen-bond acceptors (Lipinski definition) is 3. The van der Waals surface area contributed by atoms with Gasteiger partial charge in [0.1, 0.15) is 11.4 Å². The third-order valence-electron chi connectivity index (χ3n) is 4.52. The van der Waals surface area contributed by atoms with Crippen LogP contribution in [0.15, 0.2) is 64.8 Å². The maximum absolute atomic E-state index is 4.64. The van der Waals surface area contributed by atoms with E-state index in [4.69, 9.17) is 0 Å². The third-order valence-corrected chi connectivity index (χ3v) is 5.66. The van der Waals surface area contributed by atoms with Crippen LogP contribution in [0.25, 0.3) is 22.2 Å². The van der Waals surface area contributed by atoms with Gasteiger partial charge in [-0.3, -0.25) is 0 Å². The molecule has 0 saturated heterocycles. The molecule has 4 nitrogen and oxygen atoms in total. The molecular formula is C20H19N4S+. The normalized spacial score (nSPS) is 11.6. The average molecular weight is 347 g/mol. The topological polar surface area (TPSA) is 44.4 Å². The summed E-state index contributed by atoms with van der Waals surface area (Å²) in [6.07, 6.45) is 0. The van der Waals surface area contributed by atoms with Crippen LogP contribution in [0.3, 0.4) is 0 Å². The van der Waals surface area contributed by atoms with Crippen LogP contribution in [0, 0.1) is 13.8 Å². The lowest BCUT2D eigenvalue weighted by molar-refractivity contribution is -0.660. The average Bonchev–Trinajstić information content (AvgIpc) is 3.13. The molecule has 4 aromatic rings. The van der Waals surface area contributed by atoms with Gasteiger partial charge < -0.3 is 4.98 Å². The first-order valence-electron chi connectivity index (χ1n) is 8.19. The molecule has 0 atom stereocenters. The third kappa shape index (κ3) is 2.76. The molecule has 0 saturated carbocycles. The predicted molar refractivity (Wildman–Crippen MR) is 103 cm³/mol. The summed E-state index contributed by atoms with van der Waals surface area (Å²) in [5.74, 6) is 0. The predicted octanol–water partition coefficient (Wildman–Crippen LogP) is 5.75. The first-order valence-corrected chi connectivity index (χ1v) is 9.00. The van der Waals surface area contributed by atoms with E-state index in [1.54, 1.807) is 11.3 Å². The van der Waals surface area contributed by atoms with E-state index in [0.717, 1.165) is 33.0 Å². The standard InChI is InChI=1S/C20H18N4S/c1-13-14(2)25-20(24(13)3)23-22-19-16-11-7-8-12-17(16)21-18(19)15-9-5-4-6-10-15/h4-12H,1-3H3/p+1. The number of azo groups is 1. The molecule has 4 rings (SSSR count). The first kappa shape index (κ1) is 15.7. The first-order chi connectivity index (χ1) is 12.1. The molecule has 0 amide bonds. The van der Waals surface area contributed by atoms with Gasteiger partial charge >= 0.3 is 5.13 Å². The van der Waals surface area contributed by atoms with Crippen molar-refractivity contribution >= 4 is 33.1 Å². The molecule has 0 bridgehead atoms. The van der Waals surface area contributed by atoms with Gasteiger partial charge in [-0.05, 0) is 36.4 Å². The van der Waals surface area contributed by atoms with E-state index in [1.165, 1.54) is 10.6 Å². The number of nitrogens with one attached hydrogen (secondary N) is 1. The smallest absolute Gasteiger partial charge is 0.353 e. The fourth-order valence-corrected chi connectivity index (χ4v) is 3.80. The summed E-state index contributed by atoms with van der Waals surface area (Å²) in [5.41, 5.74) is 5.28. The second-order valence-electron chi connectivity index (χ2n) is 6.05. The number of aromatic nitrogens is 2. The number of thiazole rings is 1. The molecule has 2 aromatic heterocycles. The highest BCUT2D eigenvalue weighted by Crippen LogP contribution is 2.38. The Balaban J connectivity index is 1.88. The van der Waals surface area contributed by atoms with Crippen LogP contribution in [-0.2, 0) is 7.05 Å². The molecule has 0 fully saturated rings. The number of rotatable bonds is 3. The summed E-state index contributed by atoms with van der Waals surface area (Å²) in [6.45, 7) is 4.21. The molecular weight excluding hydrogens is 328 g/mol. The Labute approximate surface area is 150 Å². The van der Waals surface area contributed by atoms with Gasteiger partial charge in [0.25, 0.3) is 0 Å². The van der Waals surface area contributed by atoms with Gasteiger partial charge in [0.05, 0.1) is 22.7 Å². The molecule has 0 aliphatic carbocycles. The van der Waals surface area contributed by atoms with E-state index in [2.05, 4.69) is 57.9 Å². The van der Waals surface area contributed by atoms with Crippen LogP contribution in [-0.4, -0.2) is 4.98 Å². The zero-order valence-corrected chi connectivity index (χ0v) is 15.3. The Morgan fingerprint density at radius 2 is 1.64 bits per heavy atom. The van der Waals surface area contributed by atoms with Crippen LogP contribution in [0.5, 0.6) is 0 Å². The van der Waals surface area contributed by atoms with Crippen LogP contribution in [0.2, 0.25) is 0 Å². The molecule has 2 heterocycles. The number of hydrogen-bond donors (Lipinski definition) is 1. The molecule has 25 heavy (non-hydrogen) atoms. The maximum atomic E-state index is 4.64. The molecule has 0 spiro atoms. The van der Waals surface area contributed by atoms with Crippen LogP contribution >= 0.6 is 11.3 Å². The van der Waals surface area contributed by atoms with Crippen molar-refractivity contribution in [2.24, 2.45) is 17.3 Å². The number of para-hydroxylation sites is 1. The molecule has 124 valence electrons. The van der Waals surface area contributed by atoms with Gasteiger partial charge in [-0.25, -0.2) is 4.57 Å². The maximum Gasteiger partial charge on any atom is 0.408 e. The molecule has 0 radical (unpaired) electrons. The number of benzene rings is 2. The van der Waals surface area contributed by atoms with Crippen molar-refractivity contribution in [1.82, 2.24) is 4.98 Å². The summed E-state index contributed by atoms with van der Waals surface area (Å²) < 4.78 is 2.08. The molecule has 0 unspecified atom stereocenters. The lowest BCUT2D eigenvalue weighted by Gasteiger charge is -1.97. The van der Waals surface area contributed by atoms with Gasteiger partial charge in [-0.2, -0.15) is 0 Å². The summed E-state index contributed by atoms with van der Waals surface area (Å²) in [5, 5.41) is 11.2. The van der Waals surface area contributed by atoms with E-state index in [-0.39, 0.29) is 0 Å². The fourth-order valence-electron chi connectivity index (χ4n) is 2.88. The monoisotopic (exact) mass is 347 g/mol. The van der Waals surface area contributed by atoms with E-state index in [0.29, 0.717) is 0 Å². The van der Waals surface area contributed by atoms with Crippen molar-refractivity contribution in [2.45, 2.75) is 13.8 Å². The van der Waals surface area contributed by atoms with Crippen molar-refractivity contribution in [3.8, 4) is 11.3 Å². The lowest BCUT2D eigenvalue weighted by atomic mass is 10.1. The number of fused-ring (bicyclic) bond motifs is 1. The van der Waals surface area contributed by atoms with Gasteiger partial charge in [-0.15, -0.1) is 0 Å². The Morgan fingerprint density at radius 1 is 0.920 bits per heavy atom. The number of nitrogens with zero attached hydrogens (tertiary/aromatic N) is 3. The molecule has 0 aliphatic heterocycles. The van der Waals surface area contributed by atoms with E-state index in [9.17, 15) is 0 Å². The minimum atomic E-state index is 0.880. The highest BCUT2D eigenvalue weighted by atomic mass is 32.1. The highest BCUT2D eigenvalue weighted by molar-refractivity contribution is 7.14. The number of H-pyrrole nitrogens is 1. The van der Waals surface area contributed by atoms with Crippen molar-refractivity contribution in [2.75, 3.05) is 0 Å². The summed E-state index contributed by atoms with van der Waals surface area (Å²) in [7, 11) is 2.03. The van der Waals surface area contributed by atoms with Gasteiger partial charge in [0.15, 0.2) is 0 Å². The van der Waals surface area contributed by atoms with Gasteiger partial charge in [0, 0.05) is 16.5 Å². The Bertz CT molecular complexity index is 1070. The minimum Gasteiger partial charge on any atom is -0.353 e. The largest absolute Gasteiger partial charge is 0.408 e. The van der Waals surface area contributed by atoms with Crippen molar-refractivity contribution in [1.29, 1.82) is 0 Å². The second-order valence-corrected chi connectivity index (χ2v) is 7.23. The summed E-state index contributed by atoms with van der Waals surface area (Å²) in [6, 6.07) is 18.5. The molecule has 1 N–H and O–H groups in total. The lowest BCUT2D eigenvalue weighted by Crippen LogP contribution is -2.28. The Hall–Kier alpha value is -2.79. The molecule has 2 aromatic carbocycles. The Kier molecular flexibility index (Phi) is 3.93. The van der Waals surface area contributed by atoms with Crippen molar-refractivity contribution in [3.63, 3.8) is 0 Å². The summed E-state index contributed by atoms with van der Waals surface area (Å²) >= 11 is 1.66. The van der Waals surface area contributed by atoms with Gasteiger partial charge in [-0.1, -0.05) is 48.5 Å². The molecule has 0 aliphatic rings. The van der Waals surface area contributed by atoms with Gasteiger partial charge in [0.2, 0.25) is 0 Å². The van der Waals surface area contributed by atoms with E-state index < -0.39 is 0 Å². The number of aromatic amines is 1. The van der Waals surface area contributed by atoms with E-state index in [1.807, 2.05) is 37.4 Å². The number of aryl methyl sites for hydroxylation is 1. The SMILES string of the molecule is Cc1sc(N=Nc2c(-c3ccccc3)[nH]c3ccccc23)[n+](C)c1C. The fraction of sp³-hybridized carbons (Fsp3) is 0.150.